The first-order valence-corrected chi connectivity index (χ1v) is 4.79. The maximum Gasteiger partial charge on any atom is 0.239 e. The summed E-state index contributed by atoms with van der Waals surface area (Å²) in [5.41, 5.74) is 1.86. The molecule has 2 heterocycles. The highest BCUT2D eigenvalue weighted by atomic mass is 16.3. The van der Waals surface area contributed by atoms with Gasteiger partial charge in [0.05, 0.1) is 6.26 Å². The third kappa shape index (κ3) is 1.16. The lowest BCUT2D eigenvalue weighted by molar-refractivity contribution is -0.116. The highest BCUT2D eigenvalue weighted by Gasteiger charge is 2.33. The molecule has 3 nitrogen and oxygen atoms in total. The predicted octanol–water partition coefficient (Wildman–Crippen LogP) is 2.36. The molecule has 1 aliphatic heterocycles. The molecule has 3 heteroatoms. The van der Waals surface area contributed by atoms with Gasteiger partial charge in [-0.3, -0.25) is 4.79 Å². The minimum atomic E-state index is -0.295. The Morgan fingerprint density at radius 1 is 1.13 bits per heavy atom. The highest BCUT2D eigenvalue weighted by Crippen LogP contribution is 2.36. The molecule has 15 heavy (non-hydrogen) atoms. The van der Waals surface area contributed by atoms with Gasteiger partial charge in [-0.25, -0.2) is 0 Å². The molecule has 1 unspecified atom stereocenters. The maximum atomic E-state index is 11.8. The number of hydrogen-bond donors (Lipinski definition) is 1. The Bertz CT molecular complexity index is 502. The topological polar surface area (TPSA) is 42.2 Å². The van der Waals surface area contributed by atoms with Gasteiger partial charge in [-0.1, -0.05) is 18.2 Å². The van der Waals surface area contributed by atoms with Gasteiger partial charge in [0.25, 0.3) is 0 Å². The van der Waals surface area contributed by atoms with Crippen molar-refractivity contribution in [3.05, 3.63) is 54.0 Å². The minimum absolute atomic E-state index is 0.0221. The molecule has 1 aliphatic rings. The number of para-hydroxylation sites is 1. The Morgan fingerprint density at radius 3 is 2.80 bits per heavy atom. The summed E-state index contributed by atoms with van der Waals surface area (Å²) in [5.74, 6) is 0.375. The number of carbonyl (C=O) groups is 1. The van der Waals surface area contributed by atoms with Gasteiger partial charge in [0.15, 0.2) is 0 Å². The molecule has 1 aromatic heterocycles. The number of hydrogen-bond acceptors (Lipinski definition) is 2. The number of rotatable bonds is 1. The normalized spacial score (nSPS) is 18.7. The molecule has 0 radical (unpaired) electrons. The monoisotopic (exact) mass is 199 g/mol. The molecule has 1 amide bonds. The Labute approximate surface area is 86.7 Å². The van der Waals surface area contributed by atoms with Crippen LogP contribution >= 0.6 is 0 Å². The van der Waals surface area contributed by atoms with E-state index in [-0.39, 0.29) is 11.8 Å². The fourth-order valence-corrected chi connectivity index (χ4v) is 1.95. The highest BCUT2D eigenvalue weighted by molar-refractivity contribution is 6.04. The third-order valence-corrected chi connectivity index (χ3v) is 2.62. The molecule has 1 atom stereocenters. The van der Waals surface area contributed by atoms with Crippen LogP contribution in [-0.2, 0) is 4.79 Å². The van der Waals surface area contributed by atoms with E-state index in [9.17, 15) is 4.79 Å². The van der Waals surface area contributed by atoms with Crippen molar-refractivity contribution < 1.29 is 9.21 Å². The fraction of sp³-hybridized carbons (Fsp3) is 0.0833. The smallest absolute Gasteiger partial charge is 0.239 e. The standard InChI is InChI=1S/C12H9NO2/c14-12-11(10-6-3-7-15-10)8-4-1-2-5-9(8)13-12/h1-7,11H,(H,13,14). The van der Waals surface area contributed by atoms with E-state index in [1.54, 1.807) is 12.3 Å². The second kappa shape index (κ2) is 2.98. The largest absolute Gasteiger partial charge is 0.468 e. The molecular formula is C12H9NO2. The molecule has 0 saturated heterocycles. The van der Waals surface area contributed by atoms with Crippen LogP contribution in [0.5, 0.6) is 0 Å². The van der Waals surface area contributed by atoms with E-state index in [1.165, 1.54) is 0 Å². The van der Waals surface area contributed by atoms with E-state index in [0.717, 1.165) is 11.3 Å². The Morgan fingerprint density at radius 2 is 2.00 bits per heavy atom. The third-order valence-electron chi connectivity index (χ3n) is 2.62. The first-order chi connectivity index (χ1) is 7.36. The van der Waals surface area contributed by atoms with Crippen molar-refractivity contribution in [2.45, 2.75) is 5.92 Å². The second-order valence-electron chi connectivity index (χ2n) is 3.52. The minimum Gasteiger partial charge on any atom is -0.468 e. The van der Waals surface area contributed by atoms with E-state index < -0.39 is 0 Å². The van der Waals surface area contributed by atoms with E-state index in [2.05, 4.69) is 5.32 Å². The Balaban J connectivity index is 2.14. The average Bonchev–Trinajstić information content (AvgIpc) is 2.82. The lowest BCUT2D eigenvalue weighted by atomic mass is 9.98. The number of carbonyl (C=O) groups excluding carboxylic acids is 1. The lowest BCUT2D eigenvalue weighted by Gasteiger charge is -2.03. The van der Waals surface area contributed by atoms with Gasteiger partial charge in [0.2, 0.25) is 5.91 Å². The summed E-state index contributed by atoms with van der Waals surface area (Å²) in [6.07, 6.45) is 1.59. The number of fused-ring (bicyclic) bond motifs is 1. The van der Waals surface area contributed by atoms with Crippen LogP contribution in [0, 0.1) is 0 Å². The van der Waals surface area contributed by atoms with Crippen molar-refractivity contribution in [1.82, 2.24) is 0 Å². The molecule has 0 fully saturated rings. The summed E-state index contributed by atoms with van der Waals surface area (Å²) in [6.45, 7) is 0. The van der Waals surface area contributed by atoms with Crippen LogP contribution in [0.1, 0.15) is 17.2 Å². The van der Waals surface area contributed by atoms with Crippen LogP contribution in [0.15, 0.2) is 47.1 Å². The van der Waals surface area contributed by atoms with Crippen LogP contribution in [0.3, 0.4) is 0 Å². The summed E-state index contributed by atoms with van der Waals surface area (Å²) >= 11 is 0. The first kappa shape index (κ1) is 8.29. The fourth-order valence-electron chi connectivity index (χ4n) is 1.95. The van der Waals surface area contributed by atoms with Crippen LogP contribution < -0.4 is 5.32 Å². The number of benzene rings is 1. The van der Waals surface area contributed by atoms with Crippen molar-refractivity contribution in [3.8, 4) is 0 Å². The van der Waals surface area contributed by atoms with E-state index >= 15 is 0 Å². The van der Waals surface area contributed by atoms with Gasteiger partial charge in [-0.05, 0) is 23.8 Å². The zero-order valence-electron chi connectivity index (χ0n) is 7.94. The number of nitrogens with one attached hydrogen (secondary N) is 1. The van der Waals surface area contributed by atoms with E-state index in [0.29, 0.717) is 5.76 Å². The van der Waals surface area contributed by atoms with Gasteiger partial charge < -0.3 is 9.73 Å². The molecule has 1 aromatic carbocycles. The Kier molecular flexibility index (Phi) is 1.65. The molecule has 74 valence electrons. The summed E-state index contributed by atoms with van der Waals surface area (Å²) < 4.78 is 5.28. The molecule has 0 bridgehead atoms. The van der Waals surface area contributed by atoms with Crippen molar-refractivity contribution in [2.24, 2.45) is 0 Å². The molecule has 2 aromatic rings. The first-order valence-electron chi connectivity index (χ1n) is 4.79. The average molecular weight is 199 g/mol. The number of furan rings is 1. The predicted molar refractivity (Wildman–Crippen MR) is 55.6 cm³/mol. The molecule has 0 saturated carbocycles. The summed E-state index contributed by atoms with van der Waals surface area (Å²) in [7, 11) is 0. The number of anilines is 1. The van der Waals surface area contributed by atoms with Gasteiger partial charge in [0, 0.05) is 5.69 Å². The van der Waals surface area contributed by atoms with Gasteiger partial charge >= 0.3 is 0 Å². The van der Waals surface area contributed by atoms with Crippen molar-refractivity contribution in [1.29, 1.82) is 0 Å². The second-order valence-corrected chi connectivity index (χ2v) is 3.52. The van der Waals surface area contributed by atoms with E-state index in [4.69, 9.17) is 4.42 Å². The van der Waals surface area contributed by atoms with Gasteiger partial charge in [-0.2, -0.15) is 0 Å². The molecular weight excluding hydrogens is 190 g/mol. The zero-order chi connectivity index (χ0) is 10.3. The summed E-state index contributed by atoms with van der Waals surface area (Å²) in [6, 6.07) is 11.3. The maximum absolute atomic E-state index is 11.8. The lowest BCUT2D eigenvalue weighted by Crippen LogP contribution is -2.12. The summed E-state index contributed by atoms with van der Waals surface area (Å²) in [5, 5.41) is 2.84. The quantitative estimate of drug-likeness (QED) is 0.766. The van der Waals surface area contributed by atoms with Crippen molar-refractivity contribution in [3.63, 3.8) is 0 Å². The van der Waals surface area contributed by atoms with Gasteiger partial charge in [-0.15, -0.1) is 0 Å². The van der Waals surface area contributed by atoms with Crippen LogP contribution in [-0.4, -0.2) is 5.91 Å². The van der Waals surface area contributed by atoms with E-state index in [1.807, 2.05) is 30.3 Å². The van der Waals surface area contributed by atoms with Crippen molar-refractivity contribution >= 4 is 11.6 Å². The van der Waals surface area contributed by atoms with Crippen LogP contribution in [0.25, 0.3) is 0 Å². The molecule has 3 rings (SSSR count). The van der Waals surface area contributed by atoms with Crippen LogP contribution in [0.2, 0.25) is 0 Å². The molecule has 1 N–H and O–H groups in total. The SMILES string of the molecule is O=C1Nc2ccccc2C1c1ccco1. The van der Waals surface area contributed by atoms with Crippen molar-refractivity contribution in [2.75, 3.05) is 5.32 Å². The zero-order valence-corrected chi connectivity index (χ0v) is 7.94. The molecule has 0 aliphatic carbocycles. The molecule has 0 spiro atoms. The number of amides is 1. The summed E-state index contributed by atoms with van der Waals surface area (Å²) in [4.78, 5) is 11.8. The van der Waals surface area contributed by atoms with Crippen LogP contribution in [0.4, 0.5) is 5.69 Å². The van der Waals surface area contributed by atoms with Gasteiger partial charge in [0.1, 0.15) is 11.7 Å². The Hall–Kier alpha value is -2.03.